The molecule has 1 rings (SSSR count). The van der Waals surface area contributed by atoms with Gasteiger partial charge in [0.05, 0.1) is 0 Å². The fourth-order valence-corrected chi connectivity index (χ4v) is 0.685. The topological polar surface area (TPSA) is 38.4 Å². The third-order valence-corrected chi connectivity index (χ3v) is 1.14. The Morgan fingerprint density at radius 3 is 3.38 bits per heavy atom. The first kappa shape index (κ1) is 5.35. The zero-order valence-corrected chi connectivity index (χ0v) is 4.80. The Morgan fingerprint density at radius 2 is 2.50 bits per heavy atom. The van der Waals surface area contributed by atoms with Crippen LogP contribution in [0.25, 0.3) is 0 Å². The van der Waals surface area contributed by atoms with Crippen molar-refractivity contribution in [3.63, 3.8) is 0 Å². The van der Waals surface area contributed by atoms with E-state index in [2.05, 4.69) is 4.99 Å². The molecule has 2 heteroatoms. The Bertz CT molecular complexity index is 124. The van der Waals surface area contributed by atoms with Crippen LogP contribution in [0.4, 0.5) is 0 Å². The summed E-state index contributed by atoms with van der Waals surface area (Å²) >= 11 is 0. The molecular formula is C6H10N2. The summed E-state index contributed by atoms with van der Waals surface area (Å²) in [5, 5.41) is 0. The van der Waals surface area contributed by atoms with Gasteiger partial charge in [-0.05, 0) is 19.3 Å². The van der Waals surface area contributed by atoms with Crippen LogP contribution < -0.4 is 5.73 Å². The molecule has 0 radical (unpaired) electrons. The molecule has 0 aromatic heterocycles. The van der Waals surface area contributed by atoms with Gasteiger partial charge in [0.1, 0.15) is 0 Å². The predicted molar refractivity (Wildman–Crippen MR) is 34.6 cm³/mol. The summed E-state index contributed by atoms with van der Waals surface area (Å²) in [4.78, 5) is 3.94. The average molecular weight is 110 g/mol. The molecule has 0 aromatic carbocycles. The summed E-state index contributed by atoms with van der Waals surface area (Å²) in [5.41, 5.74) is 6.38. The van der Waals surface area contributed by atoms with E-state index in [4.69, 9.17) is 5.73 Å². The van der Waals surface area contributed by atoms with Gasteiger partial charge in [0.25, 0.3) is 0 Å². The largest absolute Gasteiger partial charge is 0.401 e. The zero-order chi connectivity index (χ0) is 5.82. The van der Waals surface area contributed by atoms with E-state index in [-0.39, 0.29) is 0 Å². The summed E-state index contributed by atoms with van der Waals surface area (Å²) in [5.74, 6) is 0. The first-order valence-corrected chi connectivity index (χ1v) is 2.86. The van der Waals surface area contributed by atoms with Crippen LogP contribution in [-0.2, 0) is 0 Å². The van der Waals surface area contributed by atoms with Crippen molar-refractivity contribution in [2.75, 3.05) is 0 Å². The minimum atomic E-state index is 0.902. The molecule has 0 saturated heterocycles. The van der Waals surface area contributed by atoms with Crippen molar-refractivity contribution in [2.24, 2.45) is 10.7 Å². The van der Waals surface area contributed by atoms with Crippen molar-refractivity contribution >= 4 is 6.21 Å². The molecule has 0 saturated carbocycles. The van der Waals surface area contributed by atoms with E-state index >= 15 is 0 Å². The summed E-state index contributed by atoms with van der Waals surface area (Å²) < 4.78 is 0. The number of hydrogen-bond donors (Lipinski definition) is 1. The second kappa shape index (κ2) is 2.50. The van der Waals surface area contributed by atoms with E-state index in [9.17, 15) is 0 Å². The lowest BCUT2D eigenvalue weighted by Crippen LogP contribution is -1.94. The van der Waals surface area contributed by atoms with Gasteiger partial charge in [0, 0.05) is 18.1 Å². The minimum absolute atomic E-state index is 0.902. The van der Waals surface area contributed by atoms with Crippen molar-refractivity contribution < 1.29 is 0 Å². The number of aliphatic imine (C=N–C) groups is 1. The quantitative estimate of drug-likeness (QED) is 0.497. The van der Waals surface area contributed by atoms with E-state index in [1.807, 2.05) is 6.21 Å². The molecule has 0 amide bonds. The summed E-state index contributed by atoms with van der Waals surface area (Å²) in [6, 6.07) is 0. The first-order chi connectivity index (χ1) is 3.89. The van der Waals surface area contributed by atoms with Gasteiger partial charge in [-0.25, -0.2) is 0 Å². The fraction of sp³-hybridized carbons (Fsp3) is 0.500. The third-order valence-electron chi connectivity index (χ3n) is 1.14. The number of nitrogens with zero attached hydrogens (tertiary/aromatic N) is 1. The molecule has 0 bridgehead atoms. The lowest BCUT2D eigenvalue weighted by atomic mass is 10.2. The molecule has 2 nitrogen and oxygen atoms in total. The summed E-state index contributed by atoms with van der Waals surface area (Å²) in [7, 11) is 0. The first-order valence-electron chi connectivity index (χ1n) is 2.86. The molecule has 1 aliphatic rings. The van der Waals surface area contributed by atoms with Crippen molar-refractivity contribution in [1.82, 2.24) is 0 Å². The number of nitrogens with two attached hydrogens (primary N) is 1. The highest BCUT2D eigenvalue weighted by Gasteiger charge is 1.91. The van der Waals surface area contributed by atoms with Crippen LogP contribution in [0.15, 0.2) is 16.9 Å². The van der Waals surface area contributed by atoms with Crippen LogP contribution in [-0.4, -0.2) is 6.21 Å². The van der Waals surface area contributed by atoms with E-state index in [1.54, 1.807) is 6.20 Å². The van der Waals surface area contributed by atoms with Crippen molar-refractivity contribution in [2.45, 2.75) is 19.3 Å². The highest BCUT2D eigenvalue weighted by molar-refractivity contribution is 5.58. The second-order valence-corrected chi connectivity index (χ2v) is 1.93. The minimum Gasteiger partial charge on any atom is -0.401 e. The van der Waals surface area contributed by atoms with Crippen LogP contribution in [0.3, 0.4) is 0 Å². The zero-order valence-electron chi connectivity index (χ0n) is 4.80. The molecule has 2 N–H and O–H groups in total. The average Bonchev–Trinajstić information content (AvgIpc) is 1.94. The Hall–Kier alpha value is -0.790. The Labute approximate surface area is 49.1 Å². The number of allylic oxidation sites excluding steroid dienone is 1. The van der Waals surface area contributed by atoms with E-state index in [1.165, 1.54) is 0 Å². The smallest absolute Gasteiger partial charge is 0.0451 e. The summed E-state index contributed by atoms with van der Waals surface area (Å²) in [6.07, 6.45) is 6.84. The van der Waals surface area contributed by atoms with Gasteiger partial charge in [0.2, 0.25) is 0 Å². The Balaban J connectivity index is 2.52. The highest BCUT2D eigenvalue weighted by atomic mass is 14.7. The molecule has 44 valence electrons. The molecule has 1 heterocycles. The lowest BCUT2D eigenvalue weighted by molar-refractivity contribution is 0.860. The molecule has 1 aliphatic heterocycles. The SMILES string of the molecule is NC1=CN=CCCC1. The van der Waals surface area contributed by atoms with Crippen LogP contribution in [0.2, 0.25) is 0 Å². The normalized spacial score (nSPS) is 19.8. The molecule has 0 unspecified atom stereocenters. The predicted octanol–water partition coefficient (Wildman–Crippen LogP) is 1.04. The molecule has 8 heavy (non-hydrogen) atoms. The molecular weight excluding hydrogens is 100 g/mol. The van der Waals surface area contributed by atoms with Gasteiger partial charge >= 0.3 is 0 Å². The maximum atomic E-state index is 5.48. The third kappa shape index (κ3) is 1.37. The molecule has 0 atom stereocenters. The lowest BCUT2D eigenvalue weighted by Gasteiger charge is -1.91. The van der Waals surface area contributed by atoms with Gasteiger partial charge < -0.3 is 5.73 Å². The van der Waals surface area contributed by atoms with Crippen molar-refractivity contribution in [3.05, 3.63) is 11.9 Å². The monoisotopic (exact) mass is 110 g/mol. The van der Waals surface area contributed by atoms with Crippen LogP contribution in [0.5, 0.6) is 0 Å². The Kier molecular flexibility index (Phi) is 1.67. The maximum Gasteiger partial charge on any atom is 0.0451 e. The molecule has 0 fully saturated rings. The molecule has 0 aromatic rings. The molecule has 0 aliphatic carbocycles. The summed E-state index contributed by atoms with van der Waals surface area (Å²) in [6.45, 7) is 0. The van der Waals surface area contributed by atoms with Crippen molar-refractivity contribution in [3.8, 4) is 0 Å². The van der Waals surface area contributed by atoms with Crippen molar-refractivity contribution in [1.29, 1.82) is 0 Å². The maximum absolute atomic E-state index is 5.48. The van der Waals surface area contributed by atoms with Gasteiger partial charge in [-0.15, -0.1) is 0 Å². The van der Waals surface area contributed by atoms with Gasteiger partial charge in [-0.2, -0.15) is 0 Å². The number of hydrogen-bond acceptors (Lipinski definition) is 2. The van der Waals surface area contributed by atoms with Crippen LogP contribution in [0.1, 0.15) is 19.3 Å². The highest BCUT2D eigenvalue weighted by Crippen LogP contribution is 2.03. The van der Waals surface area contributed by atoms with E-state index < -0.39 is 0 Å². The molecule has 0 spiro atoms. The fourth-order valence-electron chi connectivity index (χ4n) is 0.685. The van der Waals surface area contributed by atoms with E-state index in [0.717, 1.165) is 25.0 Å². The van der Waals surface area contributed by atoms with Gasteiger partial charge in [0.15, 0.2) is 0 Å². The van der Waals surface area contributed by atoms with Gasteiger partial charge in [-0.3, -0.25) is 4.99 Å². The Morgan fingerprint density at radius 1 is 1.62 bits per heavy atom. The number of rotatable bonds is 0. The second-order valence-electron chi connectivity index (χ2n) is 1.93. The van der Waals surface area contributed by atoms with Crippen LogP contribution >= 0.6 is 0 Å². The standard InChI is InChI=1S/C6H10N2/c7-6-3-1-2-4-8-5-6/h4-5H,1-3,7H2. The van der Waals surface area contributed by atoms with E-state index in [0.29, 0.717) is 0 Å². The van der Waals surface area contributed by atoms with Crippen LogP contribution in [0, 0.1) is 0 Å². The van der Waals surface area contributed by atoms with Gasteiger partial charge in [-0.1, -0.05) is 0 Å².